The largest absolute Gasteiger partial charge is 0.354 e. The Morgan fingerprint density at radius 1 is 1.25 bits per heavy atom. The Kier molecular flexibility index (Phi) is 4.31. The van der Waals surface area contributed by atoms with Crippen LogP contribution in [-0.4, -0.2) is 45.1 Å². The van der Waals surface area contributed by atoms with Gasteiger partial charge in [0.1, 0.15) is 5.82 Å². The predicted octanol–water partition coefficient (Wildman–Crippen LogP) is -0.389. The van der Waals surface area contributed by atoms with Gasteiger partial charge in [0.25, 0.3) is 0 Å². The highest BCUT2D eigenvalue weighted by Crippen LogP contribution is 2.10. The summed E-state index contributed by atoms with van der Waals surface area (Å²) in [6, 6.07) is 0. The van der Waals surface area contributed by atoms with Crippen LogP contribution in [0, 0.1) is 0 Å². The number of hydrazine groups is 1. The second-order valence-electron chi connectivity index (χ2n) is 4.45. The number of rotatable bonds is 6. The third-order valence-electron chi connectivity index (χ3n) is 2.71. The van der Waals surface area contributed by atoms with E-state index in [0.29, 0.717) is 24.4 Å². The molecule has 0 aliphatic heterocycles. The van der Waals surface area contributed by atoms with Crippen molar-refractivity contribution in [2.75, 3.05) is 36.3 Å². The molecule has 0 amide bonds. The highest BCUT2D eigenvalue weighted by atomic mass is 15.4. The molecule has 4 N–H and O–H groups in total. The molecule has 0 saturated heterocycles. The monoisotopic (exact) mass is 277 g/mol. The van der Waals surface area contributed by atoms with Crippen LogP contribution in [-0.2, 0) is 13.5 Å². The fraction of sp³-hybridized carbons (Fsp3) is 0.455. The van der Waals surface area contributed by atoms with Crippen LogP contribution in [0.1, 0.15) is 5.82 Å². The minimum Gasteiger partial charge on any atom is -0.354 e. The number of nitrogen functional groups attached to an aromatic ring is 1. The van der Waals surface area contributed by atoms with Crippen molar-refractivity contribution in [3.05, 3.63) is 18.2 Å². The summed E-state index contributed by atoms with van der Waals surface area (Å²) in [5.74, 6) is 7.68. The highest BCUT2D eigenvalue weighted by molar-refractivity contribution is 5.42. The second-order valence-corrected chi connectivity index (χ2v) is 4.45. The van der Waals surface area contributed by atoms with Crippen molar-refractivity contribution in [1.29, 1.82) is 0 Å². The number of nitrogens with zero attached hydrogens (tertiary/aromatic N) is 6. The molecule has 0 aromatic carbocycles. The number of hydrogen-bond acceptors (Lipinski definition) is 8. The second kappa shape index (κ2) is 6.15. The van der Waals surface area contributed by atoms with E-state index in [1.807, 2.05) is 31.9 Å². The summed E-state index contributed by atoms with van der Waals surface area (Å²) >= 11 is 0. The molecule has 9 heteroatoms. The van der Waals surface area contributed by atoms with E-state index in [1.54, 1.807) is 11.1 Å². The molecule has 0 atom stereocenters. The summed E-state index contributed by atoms with van der Waals surface area (Å²) in [5.41, 5.74) is 2.43. The quantitative estimate of drug-likeness (QED) is 0.484. The van der Waals surface area contributed by atoms with E-state index >= 15 is 0 Å². The van der Waals surface area contributed by atoms with Crippen molar-refractivity contribution in [2.24, 2.45) is 12.9 Å². The Labute approximate surface area is 117 Å². The van der Waals surface area contributed by atoms with Crippen molar-refractivity contribution >= 4 is 17.8 Å². The van der Waals surface area contributed by atoms with Gasteiger partial charge in [-0.15, -0.1) is 0 Å². The van der Waals surface area contributed by atoms with E-state index in [2.05, 4.69) is 30.7 Å². The minimum atomic E-state index is 0.322. The predicted molar refractivity (Wildman–Crippen MR) is 77.4 cm³/mol. The number of aryl methyl sites for hydroxylation is 1. The van der Waals surface area contributed by atoms with E-state index in [9.17, 15) is 0 Å². The van der Waals surface area contributed by atoms with Gasteiger partial charge in [-0.25, -0.2) is 10.8 Å². The van der Waals surface area contributed by atoms with Crippen LogP contribution in [0.15, 0.2) is 12.4 Å². The van der Waals surface area contributed by atoms with E-state index in [-0.39, 0.29) is 0 Å². The molecular weight excluding hydrogens is 258 g/mol. The molecule has 9 nitrogen and oxygen atoms in total. The van der Waals surface area contributed by atoms with Gasteiger partial charge in [-0.2, -0.15) is 15.0 Å². The van der Waals surface area contributed by atoms with Gasteiger partial charge in [0.05, 0.1) is 0 Å². The molecule has 0 bridgehead atoms. The molecule has 0 spiro atoms. The van der Waals surface area contributed by atoms with E-state index < -0.39 is 0 Å². The van der Waals surface area contributed by atoms with Crippen molar-refractivity contribution in [2.45, 2.75) is 6.42 Å². The molecule has 0 radical (unpaired) electrons. The Morgan fingerprint density at radius 3 is 2.60 bits per heavy atom. The summed E-state index contributed by atoms with van der Waals surface area (Å²) in [7, 11) is 5.67. The van der Waals surface area contributed by atoms with Gasteiger partial charge in [-0.05, 0) is 0 Å². The van der Waals surface area contributed by atoms with Crippen molar-refractivity contribution < 1.29 is 0 Å². The highest BCUT2D eigenvalue weighted by Gasteiger charge is 2.07. The van der Waals surface area contributed by atoms with Crippen LogP contribution in [0.2, 0.25) is 0 Å². The van der Waals surface area contributed by atoms with Crippen molar-refractivity contribution in [3.8, 4) is 0 Å². The Balaban J connectivity index is 2.01. The normalized spacial score (nSPS) is 10.4. The molecule has 0 aliphatic rings. The van der Waals surface area contributed by atoms with Crippen LogP contribution in [0.25, 0.3) is 0 Å². The summed E-state index contributed by atoms with van der Waals surface area (Å²) in [6.45, 7) is 0.672. The van der Waals surface area contributed by atoms with E-state index in [4.69, 9.17) is 5.84 Å². The Morgan fingerprint density at radius 2 is 2.00 bits per heavy atom. The number of nitrogens with two attached hydrogens (primary N) is 1. The first-order valence-corrected chi connectivity index (χ1v) is 6.20. The van der Waals surface area contributed by atoms with Crippen LogP contribution >= 0.6 is 0 Å². The number of aromatic nitrogens is 5. The number of nitrogens with one attached hydrogen (secondary N) is 2. The maximum absolute atomic E-state index is 5.35. The Bertz CT molecular complexity index is 563. The lowest BCUT2D eigenvalue weighted by molar-refractivity contribution is 0.786. The zero-order chi connectivity index (χ0) is 14.5. The number of anilines is 3. The zero-order valence-corrected chi connectivity index (χ0v) is 11.8. The summed E-state index contributed by atoms with van der Waals surface area (Å²) in [4.78, 5) is 18.6. The lowest BCUT2D eigenvalue weighted by Gasteiger charge is -2.13. The lowest BCUT2D eigenvalue weighted by atomic mass is 10.4. The first-order valence-electron chi connectivity index (χ1n) is 6.20. The summed E-state index contributed by atoms with van der Waals surface area (Å²) < 4.78 is 1.98. The molecular formula is C11H19N9. The molecule has 0 fully saturated rings. The van der Waals surface area contributed by atoms with Gasteiger partial charge in [-0.3, -0.25) is 5.43 Å². The number of imidazole rings is 1. The fourth-order valence-electron chi connectivity index (χ4n) is 1.63. The average Bonchev–Trinajstić information content (AvgIpc) is 2.84. The summed E-state index contributed by atoms with van der Waals surface area (Å²) in [5, 5.41) is 3.14. The molecule has 2 rings (SSSR count). The maximum Gasteiger partial charge on any atom is 0.243 e. The van der Waals surface area contributed by atoms with Gasteiger partial charge in [0, 0.05) is 46.5 Å². The van der Waals surface area contributed by atoms with Crippen LogP contribution in [0.3, 0.4) is 0 Å². The standard InChI is InChI=1S/C11H19N9/c1-19(2)11-16-9(15-10(17-11)18-12)14-5-4-8-13-6-7-20(8)3/h6-7H,4-5,12H2,1-3H3,(H2,14,15,16,17,18). The van der Waals surface area contributed by atoms with Crippen LogP contribution in [0.4, 0.5) is 17.8 Å². The fourth-order valence-corrected chi connectivity index (χ4v) is 1.63. The first kappa shape index (κ1) is 14.0. The van der Waals surface area contributed by atoms with E-state index in [0.717, 1.165) is 12.2 Å². The van der Waals surface area contributed by atoms with Crippen LogP contribution < -0.4 is 21.5 Å². The molecule has 2 heterocycles. The first-order chi connectivity index (χ1) is 9.60. The SMILES string of the molecule is CN(C)c1nc(NN)nc(NCCc2nccn2C)n1. The third-order valence-corrected chi connectivity index (χ3v) is 2.71. The van der Waals surface area contributed by atoms with Crippen molar-refractivity contribution in [1.82, 2.24) is 24.5 Å². The minimum absolute atomic E-state index is 0.322. The van der Waals surface area contributed by atoms with Gasteiger partial charge in [-0.1, -0.05) is 0 Å². The molecule has 2 aromatic heterocycles. The zero-order valence-electron chi connectivity index (χ0n) is 11.8. The van der Waals surface area contributed by atoms with Gasteiger partial charge in [0.2, 0.25) is 17.8 Å². The van der Waals surface area contributed by atoms with Gasteiger partial charge < -0.3 is 14.8 Å². The molecule has 20 heavy (non-hydrogen) atoms. The Hall–Kier alpha value is -2.42. The molecule has 0 unspecified atom stereocenters. The lowest BCUT2D eigenvalue weighted by Crippen LogP contribution is -2.19. The third kappa shape index (κ3) is 3.32. The van der Waals surface area contributed by atoms with Crippen molar-refractivity contribution in [3.63, 3.8) is 0 Å². The molecule has 108 valence electrons. The number of hydrogen-bond donors (Lipinski definition) is 3. The average molecular weight is 277 g/mol. The summed E-state index contributed by atoms with van der Waals surface area (Å²) in [6.07, 6.45) is 4.47. The maximum atomic E-state index is 5.35. The van der Waals surface area contributed by atoms with Gasteiger partial charge >= 0.3 is 0 Å². The molecule has 2 aromatic rings. The molecule has 0 aliphatic carbocycles. The van der Waals surface area contributed by atoms with Gasteiger partial charge in [0.15, 0.2) is 0 Å². The van der Waals surface area contributed by atoms with E-state index in [1.165, 1.54) is 0 Å². The smallest absolute Gasteiger partial charge is 0.243 e. The van der Waals surface area contributed by atoms with Crippen LogP contribution in [0.5, 0.6) is 0 Å². The topological polar surface area (TPSA) is 110 Å². The molecule has 0 saturated carbocycles.